The summed E-state index contributed by atoms with van der Waals surface area (Å²) >= 11 is 0. The first kappa shape index (κ1) is 20.7. The molecule has 2 aromatic carbocycles. The van der Waals surface area contributed by atoms with Gasteiger partial charge in [-0.25, -0.2) is 14.3 Å². The van der Waals surface area contributed by atoms with E-state index in [9.17, 15) is 9.59 Å². The summed E-state index contributed by atoms with van der Waals surface area (Å²) in [6.45, 7) is 0. The third-order valence-electron chi connectivity index (χ3n) is 5.89. The van der Waals surface area contributed by atoms with Gasteiger partial charge in [0, 0.05) is 47.8 Å². The lowest BCUT2D eigenvalue weighted by Gasteiger charge is -2.16. The Kier molecular flexibility index (Phi) is 4.82. The molecule has 0 saturated carbocycles. The fourth-order valence-corrected chi connectivity index (χ4v) is 4.22. The summed E-state index contributed by atoms with van der Waals surface area (Å²) in [6.07, 6.45) is 6.85. The lowest BCUT2D eigenvalue weighted by Crippen LogP contribution is -2.29. The molecule has 1 fully saturated rings. The first-order valence-corrected chi connectivity index (χ1v) is 10.9. The van der Waals surface area contributed by atoms with Crippen LogP contribution >= 0.6 is 0 Å². The molecule has 2 amide bonds. The molecule has 0 bridgehead atoms. The molecule has 0 atom stereocenters. The molecular weight excluding hydrogens is 445 g/mol. The van der Waals surface area contributed by atoms with Crippen molar-refractivity contribution in [1.29, 1.82) is 0 Å². The molecule has 168 valence electrons. The van der Waals surface area contributed by atoms with E-state index >= 15 is 4.39 Å². The van der Waals surface area contributed by atoms with Gasteiger partial charge in [0.1, 0.15) is 17.7 Å². The molecule has 0 spiro atoms. The molecule has 1 aliphatic heterocycles. The van der Waals surface area contributed by atoms with Crippen molar-refractivity contribution in [3.8, 4) is 17.5 Å². The third-order valence-corrected chi connectivity index (χ3v) is 5.89. The van der Waals surface area contributed by atoms with Gasteiger partial charge >= 0.3 is 0 Å². The minimum atomic E-state index is -0.658. The highest BCUT2D eigenvalue weighted by Crippen LogP contribution is 2.30. The zero-order chi connectivity index (χ0) is 23.9. The van der Waals surface area contributed by atoms with E-state index in [1.165, 1.54) is 12.1 Å². The highest BCUT2D eigenvalue weighted by Gasteiger charge is 2.32. The Balaban J connectivity index is 1.46. The Hall–Kier alpha value is -4.90. The van der Waals surface area contributed by atoms with Gasteiger partial charge in [0.25, 0.3) is 0 Å². The molecule has 4 heterocycles. The van der Waals surface area contributed by atoms with Crippen molar-refractivity contribution in [2.45, 2.75) is 12.8 Å². The van der Waals surface area contributed by atoms with Crippen molar-refractivity contribution >= 4 is 39.4 Å². The van der Waals surface area contributed by atoms with Crippen LogP contribution in [0.5, 0.6) is 0 Å². The Labute approximate surface area is 198 Å². The molecule has 1 saturated heterocycles. The summed E-state index contributed by atoms with van der Waals surface area (Å²) in [7, 11) is 0. The number of hydrogen-bond donors (Lipinski definition) is 0. The fraction of sp³-hybridized carbons (Fsp3) is 0.0741. The van der Waals surface area contributed by atoms with Crippen molar-refractivity contribution in [3.05, 3.63) is 90.4 Å². The molecule has 0 N–H and O–H groups in total. The second-order valence-corrected chi connectivity index (χ2v) is 8.09. The quantitative estimate of drug-likeness (QED) is 0.291. The van der Waals surface area contributed by atoms with Crippen LogP contribution in [0.15, 0.2) is 73.4 Å². The van der Waals surface area contributed by atoms with Crippen LogP contribution in [0, 0.1) is 17.7 Å². The van der Waals surface area contributed by atoms with Crippen LogP contribution in [0.3, 0.4) is 0 Å². The van der Waals surface area contributed by atoms with Crippen molar-refractivity contribution < 1.29 is 14.0 Å². The fourth-order valence-electron chi connectivity index (χ4n) is 4.22. The highest BCUT2D eigenvalue weighted by molar-refractivity contribution is 6.19. The smallest absolute Gasteiger partial charge is 0.234 e. The summed E-state index contributed by atoms with van der Waals surface area (Å²) in [5.41, 5.74) is 4.20. The topological polar surface area (TPSA) is 81.0 Å². The number of halogens is 1. The average molecular weight is 461 g/mol. The van der Waals surface area contributed by atoms with Crippen LogP contribution in [-0.4, -0.2) is 31.3 Å². The van der Waals surface area contributed by atoms with Crippen LogP contribution < -0.4 is 4.90 Å². The Morgan fingerprint density at radius 3 is 2.46 bits per heavy atom. The minimum Gasteiger partial charge on any atom is -0.298 e. The van der Waals surface area contributed by atoms with Crippen LogP contribution in [0.25, 0.3) is 27.6 Å². The number of pyridine rings is 2. The number of carbonyl (C=O) groups excluding carboxylic acids is 2. The molecule has 5 aromatic rings. The average Bonchev–Trinajstić information content (AvgIpc) is 3.46. The number of carbonyl (C=O) groups is 2. The summed E-state index contributed by atoms with van der Waals surface area (Å²) in [5, 5.41) is 0.812. The molecule has 6 rings (SSSR count). The number of imidazole rings is 1. The Bertz CT molecular complexity index is 1700. The number of hydrogen-bond acceptors (Lipinski definition) is 5. The zero-order valence-corrected chi connectivity index (χ0v) is 18.3. The summed E-state index contributed by atoms with van der Waals surface area (Å²) in [5.74, 6) is 4.79. The third kappa shape index (κ3) is 3.60. The van der Waals surface area contributed by atoms with E-state index in [1.807, 2.05) is 30.3 Å². The van der Waals surface area contributed by atoms with Gasteiger partial charge in [-0.3, -0.25) is 24.1 Å². The van der Waals surface area contributed by atoms with E-state index in [0.717, 1.165) is 32.4 Å². The van der Waals surface area contributed by atoms with Crippen molar-refractivity contribution in [3.63, 3.8) is 0 Å². The number of amides is 2. The van der Waals surface area contributed by atoms with E-state index in [4.69, 9.17) is 0 Å². The lowest BCUT2D eigenvalue weighted by atomic mass is 10.1. The minimum absolute atomic E-state index is 0.0369. The van der Waals surface area contributed by atoms with Gasteiger partial charge in [0.05, 0.1) is 28.6 Å². The van der Waals surface area contributed by atoms with E-state index in [-0.39, 0.29) is 18.5 Å². The van der Waals surface area contributed by atoms with E-state index in [1.54, 1.807) is 35.6 Å². The van der Waals surface area contributed by atoms with Crippen LogP contribution in [0.1, 0.15) is 24.0 Å². The van der Waals surface area contributed by atoms with Gasteiger partial charge in [-0.15, -0.1) is 0 Å². The maximum absolute atomic E-state index is 15.1. The predicted octanol–water partition coefficient (Wildman–Crippen LogP) is 4.16. The number of anilines is 1. The first-order chi connectivity index (χ1) is 17.1. The number of fused-ring (bicyclic) bond motifs is 3. The SMILES string of the molecule is O=C1CCC(=O)N1c1ccc(-n2cnc3cnc4ccc(C#Cc5cccnc5)cc4c32)cc1F. The molecule has 8 heteroatoms. The Morgan fingerprint density at radius 2 is 1.69 bits per heavy atom. The second kappa shape index (κ2) is 8.15. The monoisotopic (exact) mass is 461 g/mol. The van der Waals surface area contributed by atoms with Crippen molar-refractivity contribution in [2.24, 2.45) is 0 Å². The van der Waals surface area contributed by atoms with Crippen LogP contribution in [0.2, 0.25) is 0 Å². The zero-order valence-electron chi connectivity index (χ0n) is 18.3. The van der Waals surface area contributed by atoms with Crippen molar-refractivity contribution in [2.75, 3.05) is 4.90 Å². The molecule has 0 radical (unpaired) electrons. The van der Waals surface area contributed by atoms with Gasteiger partial charge in [-0.05, 0) is 42.5 Å². The maximum Gasteiger partial charge on any atom is 0.234 e. The van der Waals surface area contributed by atoms with E-state index in [2.05, 4.69) is 26.8 Å². The predicted molar refractivity (Wildman–Crippen MR) is 128 cm³/mol. The van der Waals surface area contributed by atoms with Gasteiger partial charge in [-0.2, -0.15) is 0 Å². The molecule has 35 heavy (non-hydrogen) atoms. The molecule has 0 unspecified atom stereocenters. The molecule has 7 nitrogen and oxygen atoms in total. The Morgan fingerprint density at radius 1 is 0.857 bits per heavy atom. The number of aromatic nitrogens is 4. The largest absolute Gasteiger partial charge is 0.298 e. The summed E-state index contributed by atoms with van der Waals surface area (Å²) < 4.78 is 16.8. The molecule has 1 aliphatic rings. The van der Waals surface area contributed by atoms with Gasteiger partial charge in [0.2, 0.25) is 11.8 Å². The number of rotatable bonds is 2. The van der Waals surface area contributed by atoms with Gasteiger partial charge < -0.3 is 0 Å². The van der Waals surface area contributed by atoms with Gasteiger partial charge in [-0.1, -0.05) is 11.8 Å². The highest BCUT2D eigenvalue weighted by atomic mass is 19.1. The summed E-state index contributed by atoms with van der Waals surface area (Å²) in [4.78, 5) is 38.0. The standard InChI is InChI=1S/C27H16FN5O2/c28-21-13-19(6-8-24(21)33-25(34)9-10-26(33)35)32-16-31-23-15-30-22-7-5-17(12-20(22)27(23)32)3-4-18-2-1-11-29-14-18/h1-2,5-8,11-16H,9-10H2. The van der Waals surface area contributed by atoms with E-state index in [0.29, 0.717) is 11.2 Å². The number of nitrogens with zero attached hydrogens (tertiary/aromatic N) is 5. The van der Waals surface area contributed by atoms with Crippen LogP contribution in [-0.2, 0) is 9.59 Å². The summed E-state index contributed by atoms with van der Waals surface area (Å²) in [6, 6.07) is 13.8. The molecule has 0 aliphatic carbocycles. The van der Waals surface area contributed by atoms with E-state index < -0.39 is 17.6 Å². The normalized spacial score (nSPS) is 13.5. The van der Waals surface area contributed by atoms with Gasteiger partial charge in [0.15, 0.2) is 0 Å². The molecular formula is C27H16FN5O2. The number of imide groups is 1. The number of benzene rings is 2. The maximum atomic E-state index is 15.1. The molecule has 3 aromatic heterocycles. The lowest BCUT2D eigenvalue weighted by molar-refractivity contribution is -0.121. The second-order valence-electron chi connectivity index (χ2n) is 8.09. The van der Waals surface area contributed by atoms with Crippen molar-refractivity contribution in [1.82, 2.24) is 19.5 Å². The van der Waals surface area contributed by atoms with Crippen LogP contribution in [0.4, 0.5) is 10.1 Å². The first-order valence-electron chi connectivity index (χ1n) is 10.9.